The van der Waals surface area contributed by atoms with Gasteiger partial charge < -0.3 is 4.90 Å². The van der Waals surface area contributed by atoms with Crippen molar-refractivity contribution in [3.8, 4) is 0 Å². The highest BCUT2D eigenvalue weighted by Gasteiger charge is 2.26. The fraction of sp³-hybridized carbons (Fsp3) is 0.238. The first-order valence-corrected chi connectivity index (χ1v) is 11.0. The van der Waals surface area contributed by atoms with Gasteiger partial charge in [-0.3, -0.25) is 9.69 Å². The highest BCUT2D eigenvalue weighted by molar-refractivity contribution is 7.23. The number of likely N-dealkylation sites (N-methyl/N-ethyl adjacent to an activating group) is 1. The van der Waals surface area contributed by atoms with Crippen LogP contribution in [0.25, 0.3) is 20.3 Å². The number of thiophene rings is 1. The lowest BCUT2D eigenvalue weighted by Gasteiger charge is -2.21. The fourth-order valence-corrected chi connectivity index (χ4v) is 5.54. The maximum atomic E-state index is 13.5. The van der Waals surface area contributed by atoms with Gasteiger partial charge in [0.1, 0.15) is 4.88 Å². The molecule has 0 aliphatic rings. The molecule has 0 aliphatic carbocycles. The molecule has 0 N–H and O–H groups in total. The van der Waals surface area contributed by atoms with E-state index in [1.165, 1.54) is 16.9 Å². The molecule has 0 bridgehead atoms. The number of aromatic nitrogens is 1. The standard InChI is InChI=1S/C21H20ClN3OS2.ClH/c1-13-8-9-15-17(12-13)28-21(23-15)25(11-10-24(2)3)20(26)19-18(22)14-6-4-5-7-16(14)27-19;/h4-9,12H,10-11H2,1-3H3;1H. The fourth-order valence-electron chi connectivity index (χ4n) is 2.99. The normalized spacial score (nSPS) is 11.2. The summed E-state index contributed by atoms with van der Waals surface area (Å²) >= 11 is 9.56. The van der Waals surface area contributed by atoms with Crippen molar-refractivity contribution in [1.29, 1.82) is 0 Å². The number of carbonyl (C=O) groups is 1. The van der Waals surface area contributed by atoms with Gasteiger partial charge in [0.05, 0.1) is 15.2 Å². The summed E-state index contributed by atoms with van der Waals surface area (Å²) in [6.07, 6.45) is 0. The van der Waals surface area contributed by atoms with E-state index in [9.17, 15) is 4.79 Å². The van der Waals surface area contributed by atoms with Gasteiger partial charge >= 0.3 is 0 Å². The van der Waals surface area contributed by atoms with Gasteiger partial charge in [0.15, 0.2) is 5.13 Å². The SMILES string of the molecule is Cc1ccc2nc(N(CCN(C)C)C(=O)c3sc4ccccc4c3Cl)sc2c1.Cl. The molecule has 2 aromatic heterocycles. The quantitative estimate of drug-likeness (QED) is 0.357. The Hall–Kier alpha value is -1.70. The van der Waals surface area contributed by atoms with E-state index in [-0.39, 0.29) is 18.3 Å². The highest BCUT2D eigenvalue weighted by Crippen LogP contribution is 2.37. The number of halogens is 2. The second-order valence-corrected chi connectivity index (χ2v) is 9.41. The molecular formula is C21H21Cl2N3OS2. The van der Waals surface area contributed by atoms with Crippen LogP contribution in [0.15, 0.2) is 42.5 Å². The molecule has 2 heterocycles. The largest absolute Gasteiger partial charge is 0.308 e. The van der Waals surface area contributed by atoms with Crippen molar-refractivity contribution < 1.29 is 4.79 Å². The van der Waals surface area contributed by atoms with Crippen molar-refractivity contribution in [2.45, 2.75) is 6.92 Å². The van der Waals surface area contributed by atoms with Crippen molar-refractivity contribution in [2.24, 2.45) is 0 Å². The van der Waals surface area contributed by atoms with Gasteiger partial charge in [0.2, 0.25) is 0 Å². The number of nitrogens with zero attached hydrogens (tertiary/aromatic N) is 3. The lowest BCUT2D eigenvalue weighted by molar-refractivity contribution is 0.0989. The van der Waals surface area contributed by atoms with Crippen LogP contribution < -0.4 is 4.90 Å². The van der Waals surface area contributed by atoms with Gasteiger partial charge in [0.25, 0.3) is 5.91 Å². The summed E-state index contributed by atoms with van der Waals surface area (Å²) in [5.74, 6) is -0.0937. The molecule has 0 saturated carbocycles. The van der Waals surface area contributed by atoms with E-state index in [2.05, 4.69) is 17.9 Å². The first-order chi connectivity index (χ1) is 13.4. The van der Waals surface area contributed by atoms with Crippen LogP contribution in [-0.4, -0.2) is 43.0 Å². The zero-order valence-corrected chi connectivity index (χ0v) is 19.5. The molecule has 8 heteroatoms. The Kier molecular flexibility index (Phi) is 6.81. The van der Waals surface area contributed by atoms with E-state index in [1.54, 1.807) is 16.2 Å². The topological polar surface area (TPSA) is 36.4 Å². The lowest BCUT2D eigenvalue weighted by atomic mass is 10.2. The number of aryl methyl sites for hydroxylation is 1. The minimum absolute atomic E-state index is 0. The smallest absolute Gasteiger partial charge is 0.271 e. The number of carbonyl (C=O) groups excluding carboxylic acids is 1. The van der Waals surface area contributed by atoms with Crippen LogP contribution in [0.4, 0.5) is 5.13 Å². The summed E-state index contributed by atoms with van der Waals surface area (Å²) < 4.78 is 2.10. The zero-order chi connectivity index (χ0) is 19.8. The maximum absolute atomic E-state index is 13.5. The molecule has 152 valence electrons. The van der Waals surface area contributed by atoms with Crippen LogP contribution >= 0.6 is 46.7 Å². The Balaban J connectivity index is 0.00000240. The van der Waals surface area contributed by atoms with E-state index in [0.717, 1.165) is 26.8 Å². The van der Waals surface area contributed by atoms with Gasteiger partial charge in [-0.05, 0) is 44.8 Å². The maximum Gasteiger partial charge on any atom is 0.271 e. The molecule has 0 fully saturated rings. The number of amides is 1. The van der Waals surface area contributed by atoms with Gasteiger partial charge in [-0.2, -0.15) is 0 Å². The lowest BCUT2D eigenvalue weighted by Crippen LogP contribution is -2.36. The molecule has 0 saturated heterocycles. The highest BCUT2D eigenvalue weighted by atomic mass is 35.5. The van der Waals surface area contributed by atoms with Crippen LogP contribution in [-0.2, 0) is 0 Å². The Morgan fingerprint density at radius 2 is 1.83 bits per heavy atom. The van der Waals surface area contributed by atoms with E-state index >= 15 is 0 Å². The average molecular weight is 466 g/mol. The van der Waals surface area contributed by atoms with E-state index in [0.29, 0.717) is 21.6 Å². The van der Waals surface area contributed by atoms with E-state index in [4.69, 9.17) is 16.6 Å². The molecule has 4 aromatic rings. The van der Waals surface area contributed by atoms with Crippen LogP contribution in [0, 0.1) is 6.92 Å². The first kappa shape index (κ1) is 22.0. The number of hydrogen-bond acceptors (Lipinski definition) is 5. The molecule has 0 spiro atoms. The predicted octanol–water partition coefficient (Wildman–Crippen LogP) is 6.10. The second-order valence-electron chi connectivity index (χ2n) is 6.97. The van der Waals surface area contributed by atoms with E-state index in [1.807, 2.05) is 50.5 Å². The molecule has 4 rings (SSSR count). The van der Waals surface area contributed by atoms with E-state index < -0.39 is 0 Å². The summed E-state index contributed by atoms with van der Waals surface area (Å²) in [7, 11) is 3.99. The van der Waals surface area contributed by atoms with Gasteiger partial charge in [0, 0.05) is 23.2 Å². The monoisotopic (exact) mass is 465 g/mol. The van der Waals surface area contributed by atoms with Crippen molar-refractivity contribution in [3.63, 3.8) is 0 Å². The molecular weight excluding hydrogens is 445 g/mol. The Morgan fingerprint density at radius 1 is 1.07 bits per heavy atom. The summed E-state index contributed by atoms with van der Waals surface area (Å²) in [6, 6.07) is 14.0. The van der Waals surface area contributed by atoms with Gasteiger partial charge in [-0.1, -0.05) is 47.2 Å². The molecule has 0 aliphatic heterocycles. The third-order valence-corrected chi connectivity index (χ3v) is 7.21. The predicted molar refractivity (Wildman–Crippen MR) is 129 cm³/mol. The summed E-state index contributed by atoms with van der Waals surface area (Å²) in [4.78, 5) is 22.6. The van der Waals surface area contributed by atoms with Gasteiger partial charge in [-0.25, -0.2) is 4.98 Å². The molecule has 2 aromatic carbocycles. The van der Waals surface area contributed by atoms with Crippen LogP contribution in [0.5, 0.6) is 0 Å². The van der Waals surface area contributed by atoms with Crippen molar-refractivity contribution in [2.75, 3.05) is 32.1 Å². The van der Waals surface area contributed by atoms with Crippen LogP contribution in [0.1, 0.15) is 15.2 Å². The molecule has 0 atom stereocenters. The second kappa shape index (κ2) is 8.98. The van der Waals surface area contributed by atoms with Crippen molar-refractivity contribution in [3.05, 3.63) is 57.9 Å². The zero-order valence-electron chi connectivity index (χ0n) is 16.3. The molecule has 0 radical (unpaired) electrons. The number of hydrogen-bond donors (Lipinski definition) is 0. The summed E-state index contributed by atoms with van der Waals surface area (Å²) in [5, 5.41) is 2.16. The van der Waals surface area contributed by atoms with Crippen LogP contribution in [0.3, 0.4) is 0 Å². The van der Waals surface area contributed by atoms with Gasteiger partial charge in [-0.15, -0.1) is 23.7 Å². The number of anilines is 1. The minimum atomic E-state index is -0.0937. The molecule has 4 nitrogen and oxygen atoms in total. The number of thiazole rings is 1. The Morgan fingerprint density at radius 3 is 2.55 bits per heavy atom. The number of benzene rings is 2. The Labute approximate surface area is 189 Å². The number of rotatable bonds is 5. The Bertz CT molecular complexity index is 1170. The molecule has 29 heavy (non-hydrogen) atoms. The third-order valence-electron chi connectivity index (χ3n) is 4.51. The minimum Gasteiger partial charge on any atom is -0.308 e. The molecule has 1 amide bonds. The molecule has 0 unspecified atom stereocenters. The summed E-state index contributed by atoms with van der Waals surface area (Å²) in [6.45, 7) is 3.35. The third kappa shape index (κ3) is 4.42. The average Bonchev–Trinajstić information content (AvgIpc) is 3.22. The summed E-state index contributed by atoms with van der Waals surface area (Å²) in [5.41, 5.74) is 2.09. The number of fused-ring (bicyclic) bond motifs is 2. The van der Waals surface area contributed by atoms with Crippen LogP contribution in [0.2, 0.25) is 5.02 Å². The van der Waals surface area contributed by atoms with Crippen molar-refractivity contribution >= 4 is 78.0 Å². The van der Waals surface area contributed by atoms with Crippen molar-refractivity contribution in [1.82, 2.24) is 9.88 Å². The first-order valence-electron chi connectivity index (χ1n) is 8.95.